The van der Waals surface area contributed by atoms with Crippen LogP contribution >= 0.6 is 0 Å². The van der Waals surface area contributed by atoms with Gasteiger partial charge in [-0.05, 0) is 81.7 Å². The van der Waals surface area contributed by atoms with Crippen molar-refractivity contribution in [3.8, 4) is 0 Å². The Bertz CT molecular complexity index is 1310. The van der Waals surface area contributed by atoms with Gasteiger partial charge in [0.2, 0.25) is 5.91 Å². The van der Waals surface area contributed by atoms with Crippen molar-refractivity contribution in [1.82, 2.24) is 19.3 Å². The Morgan fingerprint density at radius 3 is 2.34 bits per heavy atom. The largest absolute Gasteiger partial charge is 0.341 e. The standard InChI is InChI=1S/C31H42N6O/c1-6-26-9-8-24(3)37(23-20-35-18-21-36(22-19-35)30(38)7-2)31(26)33-25(4)32-29-12-10-27(11-13-29)28-14-16-34(5)17-15-28/h6-13,28,32H,2-4,14-23H2,1,5H3/b26-6-,33-31+. The first kappa shape index (κ1) is 27.6. The summed E-state index contributed by atoms with van der Waals surface area (Å²) in [7, 11) is 2.20. The molecule has 0 bridgehead atoms. The molecule has 7 heteroatoms. The summed E-state index contributed by atoms with van der Waals surface area (Å²) in [5.74, 6) is 1.24. The first-order chi connectivity index (χ1) is 18.4. The first-order valence-electron chi connectivity index (χ1n) is 13.7. The zero-order valence-corrected chi connectivity index (χ0v) is 23.0. The van der Waals surface area contributed by atoms with Gasteiger partial charge in [-0.1, -0.05) is 37.9 Å². The van der Waals surface area contributed by atoms with Crippen molar-refractivity contribution in [1.29, 1.82) is 0 Å². The van der Waals surface area contributed by atoms with Crippen LogP contribution in [0.5, 0.6) is 0 Å². The molecule has 1 N–H and O–H groups in total. The van der Waals surface area contributed by atoms with E-state index in [0.717, 1.165) is 74.1 Å². The highest BCUT2D eigenvalue weighted by Gasteiger charge is 2.19. The lowest BCUT2D eigenvalue weighted by Crippen LogP contribution is -2.50. The smallest absolute Gasteiger partial charge is 0.246 e. The maximum Gasteiger partial charge on any atom is 0.246 e. The SMILES string of the molecule is C=CC(=O)N1CCN(CCn2c(=C)ccc(=C/C)/c2=N\C(=C)Nc2ccc(C3CCN(C)CC3)cc2)CC1. The Labute approximate surface area is 226 Å². The monoisotopic (exact) mass is 514 g/mol. The van der Waals surface area contributed by atoms with E-state index in [-0.39, 0.29) is 5.91 Å². The summed E-state index contributed by atoms with van der Waals surface area (Å²) in [4.78, 5) is 23.4. The molecule has 4 rings (SSSR count). The molecule has 0 aliphatic carbocycles. The molecular formula is C31H42N6O. The van der Waals surface area contributed by atoms with Crippen LogP contribution in [0.2, 0.25) is 0 Å². The molecule has 38 heavy (non-hydrogen) atoms. The highest BCUT2D eigenvalue weighted by molar-refractivity contribution is 5.87. The number of rotatable bonds is 8. The minimum atomic E-state index is 0.00816. The van der Waals surface area contributed by atoms with Crippen LogP contribution in [0.25, 0.3) is 12.7 Å². The Morgan fingerprint density at radius 2 is 1.71 bits per heavy atom. The Morgan fingerprint density at radius 1 is 1.03 bits per heavy atom. The highest BCUT2D eigenvalue weighted by atomic mass is 16.2. The number of pyridine rings is 1. The second-order valence-corrected chi connectivity index (χ2v) is 10.3. The Kier molecular flexibility index (Phi) is 9.37. The number of piperidine rings is 1. The van der Waals surface area contributed by atoms with Gasteiger partial charge in [-0.25, -0.2) is 4.99 Å². The van der Waals surface area contributed by atoms with Crippen molar-refractivity contribution < 1.29 is 4.79 Å². The minimum Gasteiger partial charge on any atom is -0.341 e. The van der Waals surface area contributed by atoms with Gasteiger partial charge in [0, 0.05) is 55.5 Å². The average Bonchev–Trinajstić information content (AvgIpc) is 2.93. The average molecular weight is 515 g/mol. The molecule has 2 fully saturated rings. The molecule has 1 aromatic carbocycles. The number of likely N-dealkylation sites (tertiary alicyclic amines) is 1. The third-order valence-corrected chi connectivity index (χ3v) is 7.76. The van der Waals surface area contributed by atoms with Crippen LogP contribution in [-0.4, -0.2) is 78.0 Å². The molecule has 202 valence electrons. The van der Waals surface area contributed by atoms with Gasteiger partial charge < -0.3 is 19.7 Å². The number of amides is 1. The predicted octanol–water partition coefficient (Wildman–Crippen LogP) is 2.32. The van der Waals surface area contributed by atoms with E-state index in [1.807, 2.05) is 17.9 Å². The number of nitrogens with one attached hydrogen (secondary N) is 1. The number of nitrogens with zero attached hydrogens (tertiary/aromatic N) is 5. The van der Waals surface area contributed by atoms with Crippen LogP contribution in [-0.2, 0) is 11.3 Å². The van der Waals surface area contributed by atoms with Gasteiger partial charge >= 0.3 is 0 Å². The highest BCUT2D eigenvalue weighted by Crippen LogP contribution is 2.28. The first-order valence-corrected chi connectivity index (χ1v) is 13.7. The van der Waals surface area contributed by atoms with Crippen molar-refractivity contribution in [3.63, 3.8) is 0 Å². The van der Waals surface area contributed by atoms with Gasteiger partial charge in [0.25, 0.3) is 0 Å². The predicted molar refractivity (Wildman–Crippen MR) is 157 cm³/mol. The zero-order chi connectivity index (χ0) is 27.1. The van der Waals surface area contributed by atoms with E-state index in [1.54, 1.807) is 0 Å². The zero-order valence-electron chi connectivity index (χ0n) is 23.0. The molecule has 3 heterocycles. The third-order valence-electron chi connectivity index (χ3n) is 7.76. The number of benzene rings is 1. The normalized spacial score (nSPS) is 18.5. The Hall–Kier alpha value is -3.42. The fraction of sp³-hybridized carbons (Fsp3) is 0.419. The van der Waals surface area contributed by atoms with Gasteiger partial charge in [-0.2, -0.15) is 0 Å². The van der Waals surface area contributed by atoms with Crippen LogP contribution in [0, 0.1) is 0 Å². The van der Waals surface area contributed by atoms with Crippen LogP contribution in [0.3, 0.4) is 0 Å². The fourth-order valence-electron chi connectivity index (χ4n) is 5.31. The maximum atomic E-state index is 11.9. The third kappa shape index (κ3) is 6.91. The molecular weight excluding hydrogens is 472 g/mol. The molecule has 2 saturated heterocycles. The lowest BCUT2D eigenvalue weighted by atomic mass is 9.89. The molecule has 0 spiro atoms. The van der Waals surface area contributed by atoms with Crippen molar-refractivity contribution in [3.05, 3.63) is 83.1 Å². The maximum absolute atomic E-state index is 11.9. The lowest BCUT2D eigenvalue weighted by molar-refractivity contribution is -0.127. The van der Waals surface area contributed by atoms with Gasteiger partial charge in [-0.15, -0.1) is 0 Å². The molecule has 0 atom stereocenters. The summed E-state index contributed by atoms with van der Waals surface area (Å²) in [5.41, 5.74) is 3.24. The van der Waals surface area contributed by atoms with E-state index in [2.05, 4.69) is 82.9 Å². The summed E-state index contributed by atoms with van der Waals surface area (Å²) >= 11 is 0. The van der Waals surface area contributed by atoms with E-state index in [9.17, 15) is 4.79 Å². The molecule has 7 nitrogen and oxygen atoms in total. The number of carbonyl (C=O) groups excluding carboxylic acids is 1. The van der Waals surface area contributed by atoms with Crippen LogP contribution in [0.1, 0.15) is 31.2 Å². The number of carbonyl (C=O) groups is 1. The van der Waals surface area contributed by atoms with Crippen molar-refractivity contribution in [2.24, 2.45) is 4.99 Å². The minimum absolute atomic E-state index is 0.00816. The lowest BCUT2D eigenvalue weighted by Gasteiger charge is -2.34. The van der Waals surface area contributed by atoms with E-state index >= 15 is 0 Å². The Balaban J connectivity index is 1.45. The molecule has 2 aliphatic heterocycles. The van der Waals surface area contributed by atoms with Crippen LogP contribution in [0.15, 0.2) is 66.4 Å². The second-order valence-electron chi connectivity index (χ2n) is 10.3. The molecule has 2 aromatic rings. The molecule has 1 aromatic heterocycles. The van der Waals surface area contributed by atoms with Crippen LogP contribution < -0.4 is 21.4 Å². The molecule has 0 radical (unpaired) electrons. The fourth-order valence-corrected chi connectivity index (χ4v) is 5.31. The topological polar surface area (TPSA) is 56.1 Å². The molecule has 2 aliphatic rings. The summed E-state index contributed by atoms with van der Waals surface area (Å²) in [6.45, 7) is 21.2. The van der Waals surface area contributed by atoms with Crippen molar-refractivity contribution >= 4 is 24.2 Å². The summed E-state index contributed by atoms with van der Waals surface area (Å²) < 4.78 is 2.16. The number of hydrogen-bond donors (Lipinski definition) is 1. The van der Waals surface area contributed by atoms with Gasteiger partial charge in [0.05, 0.1) is 0 Å². The summed E-state index contributed by atoms with van der Waals surface area (Å²) in [5, 5.41) is 5.33. The summed E-state index contributed by atoms with van der Waals surface area (Å²) in [6, 6.07) is 12.8. The van der Waals surface area contributed by atoms with Crippen molar-refractivity contribution in [2.45, 2.75) is 32.2 Å². The molecule has 0 unspecified atom stereocenters. The number of hydrogen-bond acceptors (Lipinski definition) is 5. The number of aromatic nitrogens is 1. The number of anilines is 1. The van der Waals surface area contributed by atoms with E-state index in [0.29, 0.717) is 11.7 Å². The van der Waals surface area contributed by atoms with E-state index in [4.69, 9.17) is 4.99 Å². The van der Waals surface area contributed by atoms with Crippen LogP contribution in [0.4, 0.5) is 5.69 Å². The van der Waals surface area contributed by atoms with E-state index in [1.165, 1.54) is 24.5 Å². The second kappa shape index (κ2) is 12.9. The van der Waals surface area contributed by atoms with Gasteiger partial charge in [0.1, 0.15) is 11.3 Å². The van der Waals surface area contributed by atoms with Gasteiger partial charge in [0.15, 0.2) is 0 Å². The molecule has 1 amide bonds. The van der Waals surface area contributed by atoms with Crippen molar-refractivity contribution in [2.75, 3.05) is 58.2 Å². The quantitative estimate of drug-likeness (QED) is 0.550. The summed E-state index contributed by atoms with van der Waals surface area (Å²) in [6.07, 6.45) is 5.89. The number of piperazine rings is 1. The molecule has 0 saturated carbocycles. The van der Waals surface area contributed by atoms with E-state index < -0.39 is 0 Å². The van der Waals surface area contributed by atoms with Gasteiger partial charge in [-0.3, -0.25) is 9.69 Å².